The van der Waals surface area contributed by atoms with Crippen LogP contribution < -0.4 is 30.7 Å². The van der Waals surface area contributed by atoms with Crippen molar-refractivity contribution >= 4 is 95.8 Å². The van der Waals surface area contributed by atoms with Gasteiger partial charge in [-0.3, -0.25) is 43.5 Å². The van der Waals surface area contributed by atoms with Gasteiger partial charge in [-0.2, -0.15) is 5.26 Å². The maximum atomic E-state index is 14.5. The number of aromatic nitrogens is 3. The molecule has 0 bridgehead atoms. The molecule has 9 rings (SSSR count). The number of benzene rings is 3. The lowest BCUT2D eigenvalue weighted by molar-refractivity contribution is -0.141. The van der Waals surface area contributed by atoms with Crippen LogP contribution in [0, 0.1) is 28.9 Å². The van der Waals surface area contributed by atoms with Crippen molar-refractivity contribution in [2.45, 2.75) is 93.6 Å². The number of fused-ring (bicyclic) bond motifs is 2. The summed E-state index contributed by atoms with van der Waals surface area (Å²) in [6.07, 6.45) is 2.46. The minimum Gasteiger partial charge on any atom is -0.480 e. The molecule has 3 aromatic carbocycles. The molecule has 2 saturated heterocycles. The highest BCUT2D eigenvalue weighted by Gasteiger charge is 2.50. The minimum absolute atomic E-state index is 0.0482. The van der Waals surface area contributed by atoms with E-state index in [1.165, 1.54) is 30.2 Å². The second-order valence-electron chi connectivity index (χ2n) is 21.9. The lowest BCUT2D eigenvalue weighted by Gasteiger charge is -2.22. The maximum absolute atomic E-state index is 14.5. The monoisotopic (exact) mass is 1360 g/mol. The molecule has 0 aliphatic carbocycles. The van der Waals surface area contributed by atoms with Crippen molar-refractivity contribution in [3.8, 4) is 34.2 Å². The van der Waals surface area contributed by atoms with Crippen molar-refractivity contribution in [2.75, 3.05) is 49.6 Å². The van der Waals surface area contributed by atoms with E-state index in [9.17, 15) is 74.7 Å². The van der Waals surface area contributed by atoms with E-state index in [1.54, 1.807) is 53.7 Å². The summed E-state index contributed by atoms with van der Waals surface area (Å²) >= 11 is 0. The third-order valence-electron chi connectivity index (χ3n) is 15.4. The van der Waals surface area contributed by atoms with Crippen LogP contribution in [0.5, 0.6) is 5.88 Å². The fraction of sp³-hybridized carbons (Fsp3) is 0.355. The first-order valence-electron chi connectivity index (χ1n) is 29.2. The molecule has 32 heteroatoms. The van der Waals surface area contributed by atoms with Crippen LogP contribution in [0.3, 0.4) is 0 Å². The Morgan fingerprint density at radius 3 is 2.36 bits per heavy atom. The molecule has 25 nitrogen and oxygen atoms in total. The van der Waals surface area contributed by atoms with E-state index >= 15 is 0 Å². The number of nitriles is 1. The number of hydrogen-bond donors (Lipinski definition) is 6. The Labute approximate surface area is 542 Å². The van der Waals surface area contributed by atoms with Gasteiger partial charge in [-0.25, -0.2) is 40.6 Å². The zero-order valence-corrected chi connectivity index (χ0v) is 52.5. The third-order valence-corrected chi connectivity index (χ3v) is 19.2. The largest absolute Gasteiger partial charge is 0.508 e. The van der Waals surface area contributed by atoms with E-state index in [0.29, 0.717) is 45.8 Å². The van der Waals surface area contributed by atoms with E-state index in [2.05, 4.69) is 40.9 Å². The molecule has 6 N–H and O–H groups in total. The van der Waals surface area contributed by atoms with Crippen molar-refractivity contribution in [2.24, 2.45) is 5.92 Å². The predicted octanol–water partition coefficient (Wildman–Crippen LogP) is 6.19. The summed E-state index contributed by atoms with van der Waals surface area (Å²) < 4.78 is 100. The zero-order valence-electron chi connectivity index (χ0n) is 50.0. The lowest BCUT2D eigenvalue weighted by Crippen LogP contribution is -2.46. The molecule has 0 spiro atoms. The number of carbonyl (C=O) groups excluding carboxylic acids is 7. The number of methoxy groups -OCH3 is 1. The molecule has 6 aromatic rings. The van der Waals surface area contributed by atoms with Gasteiger partial charge >= 0.3 is 12.1 Å². The van der Waals surface area contributed by atoms with Gasteiger partial charge in [-0.05, 0) is 83.1 Å². The fourth-order valence-electron chi connectivity index (χ4n) is 10.7. The number of aliphatic carboxylic acids is 1. The van der Waals surface area contributed by atoms with Gasteiger partial charge in [0.1, 0.15) is 53.6 Å². The number of anilines is 1. The highest BCUT2D eigenvalue weighted by molar-refractivity contribution is 8.76. The van der Waals surface area contributed by atoms with Gasteiger partial charge in [0.15, 0.2) is 0 Å². The van der Waals surface area contributed by atoms with E-state index in [0.717, 1.165) is 50.1 Å². The first-order chi connectivity index (χ1) is 45.0. The van der Waals surface area contributed by atoms with Crippen LogP contribution in [0.15, 0.2) is 102 Å². The molecule has 3 aliphatic heterocycles. The summed E-state index contributed by atoms with van der Waals surface area (Å²) in [5, 5.41) is 29.9. The molecule has 4 atom stereocenters. The molecular weight excluding hydrogens is 1290 g/mol. The molecule has 0 radical (unpaired) electrons. The molecule has 94 heavy (non-hydrogen) atoms. The van der Waals surface area contributed by atoms with Gasteiger partial charge in [-0.15, -0.1) is 0 Å². The second kappa shape index (κ2) is 30.9. The van der Waals surface area contributed by atoms with Gasteiger partial charge in [0, 0.05) is 117 Å². The number of alkyl halides is 2. The molecule has 1 unspecified atom stereocenters. The van der Waals surface area contributed by atoms with Crippen LogP contribution in [-0.2, 0) is 79.2 Å². The van der Waals surface area contributed by atoms with E-state index in [1.807, 2.05) is 24.3 Å². The van der Waals surface area contributed by atoms with E-state index in [4.69, 9.17) is 14.2 Å². The molecule has 6 heterocycles. The van der Waals surface area contributed by atoms with E-state index in [-0.39, 0.29) is 106 Å². The van der Waals surface area contributed by atoms with Gasteiger partial charge in [0.05, 0.1) is 30.9 Å². The maximum Gasteiger partial charge on any atom is 0.508 e. The number of ether oxygens (including phenoxy) is 3. The number of nitrogens with one attached hydrogen (secondary N) is 5. The molecule has 0 saturated carbocycles. The van der Waals surface area contributed by atoms with Gasteiger partial charge < -0.3 is 50.4 Å². The number of pyridine rings is 3. The van der Waals surface area contributed by atoms with Crippen molar-refractivity contribution in [3.05, 3.63) is 131 Å². The number of rotatable bonds is 28. The number of halogens is 4. The summed E-state index contributed by atoms with van der Waals surface area (Å²) in [5.41, 5.74) is 5.96. The molecule has 2 fully saturated rings. The van der Waals surface area contributed by atoms with Gasteiger partial charge in [0.2, 0.25) is 41.3 Å². The second-order valence-corrected chi connectivity index (χ2v) is 26.2. The van der Waals surface area contributed by atoms with Crippen molar-refractivity contribution in [1.82, 2.24) is 46.0 Å². The number of aryl methyl sites for hydroxylation is 1. The summed E-state index contributed by atoms with van der Waals surface area (Å²) in [6, 6.07) is 17.6. The predicted molar refractivity (Wildman–Crippen MR) is 332 cm³/mol. The highest BCUT2D eigenvalue weighted by Crippen LogP contribution is 2.37. The quantitative estimate of drug-likeness (QED) is 0.0138. The lowest BCUT2D eigenvalue weighted by atomic mass is 9.98. The van der Waals surface area contributed by atoms with Crippen molar-refractivity contribution in [3.63, 3.8) is 0 Å². The summed E-state index contributed by atoms with van der Waals surface area (Å²) in [4.78, 5) is 116. The number of carboxylic acid groups (broad SMARTS) is 1. The molecule has 6 amide bonds. The smallest absolute Gasteiger partial charge is 0.480 e. The Morgan fingerprint density at radius 1 is 0.872 bits per heavy atom. The van der Waals surface area contributed by atoms with Crippen LogP contribution >= 0.6 is 21.6 Å². The van der Waals surface area contributed by atoms with E-state index < -0.39 is 105 Å². The number of amides is 6. The first-order valence-corrected chi connectivity index (χ1v) is 33.2. The number of nitrogens with zero attached hydrogens (tertiary/aromatic N) is 6. The summed E-state index contributed by atoms with van der Waals surface area (Å²) in [6.45, 7) is -0.623. The van der Waals surface area contributed by atoms with Crippen LogP contribution in [-0.4, -0.2) is 155 Å². The third kappa shape index (κ3) is 17.7. The molecular formula is C62H61F4N11O14S3. The minimum atomic E-state index is -4.54. The van der Waals surface area contributed by atoms with Crippen LogP contribution in [0.4, 0.5) is 28.0 Å². The highest BCUT2D eigenvalue weighted by atomic mass is 33.1. The zero-order chi connectivity index (χ0) is 67.3. The number of carbonyl (C=O) groups is 8. The summed E-state index contributed by atoms with van der Waals surface area (Å²) in [7, 11) is -0.957. The Hall–Kier alpha value is -9.61. The Balaban J connectivity index is 0.625. The topological polar surface area (TPSA) is 348 Å². The average molecular weight is 1360 g/mol. The molecule has 3 aromatic heterocycles. The summed E-state index contributed by atoms with van der Waals surface area (Å²) in [5.74, 6) is -10.7. The Morgan fingerprint density at radius 2 is 1.63 bits per heavy atom. The van der Waals surface area contributed by atoms with Crippen molar-refractivity contribution in [1.29, 1.82) is 5.26 Å². The number of carboxylic acids is 1. The Kier molecular flexibility index (Phi) is 22.6. The number of hydrogen-bond acceptors (Lipinski definition) is 19. The number of likely N-dealkylation sites (tertiary alicyclic amines) is 1. The van der Waals surface area contributed by atoms with Crippen LogP contribution in [0.25, 0.3) is 33.2 Å². The van der Waals surface area contributed by atoms with Crippen LogP contribution in [0.2, 0.25) is 0 Å². The van der Waals surface area contributed by atoms with Gasteiger partial charge in [-0.1, -0.05) is 51.9 Å². The van der Waals surface area contributed by atoms with Crippen LogP contribution in [0.1, 0.15) is 60.9 Å². The normalized spacial score (nSPS) is 16.7. The Bertz CT molecular complexity index is 4060. The van der Waals surface area contributed by atoms with Crippen molar-refractivity contribution < 1.29 is 83.7 Å². The first kappa shape index (κ1) is 68.7. The molecule has 494 valence electrons. The fourth-order valence-corrected chi connectivity index (χ4v) is 13.8. The SMILES string of the molecule is COc1ncc(-c2ccc3nccc(-c4ccc(COC(=O)OCCSSCC(NC(=O)CCC(=O)NCCNC(=O)CCc5cccc6c5CN(C(=O)C[C@@H]5C[C@@H](C(=O)N7CC(F)(F)C[C@H]7C#N)NC5=O)C6)C(=O)O)nc4)c3c2)cc1NS(=O)(=O)c1ccc(F)cc1F. The van der Waals surface area contributed by atoms with Gasteiger partial charge in [0.25, 0.3) is 15.9 Å². The average Bonchev–Trinajstić information content (AvgIpc) is 1.68. The molecule has 3 aliphatic rings. The standard InChI is InChI=1S/C62H61F4N11O14S3/c1-89-58-49(75-94(87,88)52-11-8-41(63)25-47(52)64)23-40(29-72-58)36-6-10-48-45(21-36)44(15-16-68-48)37-5-9-42(71-28-37)32-91-61(86)90-19-20-92-93-33-51(60(84)85)73-55(80)14-13-54(79)70-18-17-69-53(78)12-7-35-3-2-4-38-30-76(31-46(35)38)56(81)24-39-22-50(74-57(39)82)59(83)77-34-62(65,66)26-43(77)27-67/h2-6,8-11,15-16,21,23,25,28-29,39,43,50-51,75H,7,12-14,17-20,22,24,26,30-34H2,1H3,(H,69,78)(H,70,79)(H,73,80)(H,74,82)(H,84,85)/t39-,43-,50-,51?/m0/s1. The number of sulfonamides is 1.